The minimum atomic E-state index is 0.112. The van der Waals surface area contributed by atoms with Crippen molar-refractivity contribution in [2.45, 2.75) is 39.3 Å². The van der Waals surface area contributed by atoms with Gasteiger partial charge in [-0.25, -0.2) is 0 Å². The minimum absolute atomic E-state index is 0.112. The fourth-order valence-electron chi connectivity index (χ4n) is 2.17. The molecule has 0 saturated heterocycles. The molecule has 1 heterocycles. The van der Waals surface area contributed by atoms with Crippen LogP contribution in [0.15, 0.2) is 24.3 Å². The van der Waals surface area contributed by atoms with E-state index < -0.39 is 0 Å². The van der Waals surface area contributed by atoms with Gasteiger partial charge >= 0.3 is 0 Å². The summed E-state index contributed by atoms with van der Waals surface area (Å²) < 4.78 is 9.85. The number of ether oxygens (including phenoxy) is 1. The number of nitrogens with zero attached hydrogens (tertiary/aromatic N) is 2. The Morgan fingerprint density at radius 1 is 1.35 bits per heavy atom. The van der Waals surface area contributed by atoms with Crippen molar-refractivity contribution < 1.29 is 4.74 Å². The molecule has 0 fully saturated rings. The van der Waals surface area contributed by atoms with E-state index in [-0.39, 0.29) is 12.1 Å². The van der Waals surface area contributed by atoms with Crippen LogP contribution in [-0.4, -0.2) is 22.7 Å². The lowest BCUT2D eigenvalue weighted by Crippen LogP contribution is -2.18. The van der Waals surface area contributed by atoms with Gasteiger partial charge in [0.05, 0.1) is 22.7 Å². The molecule has 2 rings (SSSR count). The lowest BCUT2D eigenvalue weighted by atomic mass is 10.0. The predicted octanol–water partition coefficient (Wildman–Crippen LogP) is 3.20. The summed E-state index contributed by atoms with van der Waals surface area (Å²) in [6.45, 7) is 6.17. The molecule has 0 spiro atoms. The second kappa shape index (κ2) is 6.81. The topological polar surface area (TPSA) is 47.0 Å². The van der Waals surface area contributed by atoms with Crippen molar-refractivity contribution in [3.05, 3.63) is 40.4 Å². The molecule has 1 atom stereocenters. The Hall–Kier alpha value is -1.46. The second-order valence-corrected chi connectivity index (χ2v) is 5.68. The van der Waals surface area contributed by atoms with Gasteiger partial charge in [0, 0.05) is 0 Å². The minimum Gasteiger partial charge on any atom is -0.491 e. The Morgan fingerprint density at radius 3 is 2.80 bits per heavy atom. The first-order valence-corrected chi connectivity index (χ1v) is 7.68. The molecular weight excluding hydrogens is 270 g/mol. The number of hydrogen-bond acceptors (Lipinski definition) is 5. The van der Waals surface area contributed by atoms with Gasteiger partial charge in [-0.3, -0.25) is 0 Å². The van der Waals surface area contributed by atoms with Crippen LogP contribution in [0.5, 0.6) is 5.75 Å². The zero-order chi connectivity index (χ0) is 14.5. The molecule has 0 amide bonds. The molecule has 0 radical (unpaired) electrons. The summed E-state index contributed by atoms with van der Waals surface area (Å²) in [7, 11) is 1.96. The van der Waals surface area contributed by atoms with E-state index in [0.29, 0.717) is 0 Å². The highest BCUT2D eigenvalue weighted by atomic mass is 32.1. The zero-order valence-corrected chi connectivity index (χ0v) is 13.2. The maximum absolute atomic E-state index is 5.77. The van der Waals surface area contributed by atoms with E-state index in [9.17, 15) is 0 Å². The van der Waals surface area contributed by atoms with Gasteiger partial charge in [0.1, 0.15) is 5.75 Å². The predicted molar refractivity (Wildman–Crippen MR) is 82.4 cm³/mol. The lowest BCUT2D eigenvalue weighted by Gasteiger charge is -2.17. The van der Waals surface area contributed by atoms with Crippen LogP contribution in [-0.2, 0) is 6.42 Å². The Labute approximate surface area is 124 Å². The standard InChI is InChI=1S/C15H21N3OS/c1-5-13-15(20-18-17-13)14(16-4)11-7-6-8-12(9-11)19-10(2)3/h6-10,14,16H,5H2,1-4H3. The molecule has 1 N–H and O–H groups in total. The zero-order valence-electron chi connectivity index (χ0n) is 12.4. The molecule has 1 aromatic heterocycles. The van der Waals surface area contributed by atoms with E-state index in [1.165, 1.54) is 22.0 Å². The molecule has 2 aromatic rings. The first kappa shape index (κ1) is 14.9. The fourth-order valence-corrected chi connectivity index (χ4v) is 3.05. The van der Waals surface area contributed by atoms with Crippen molar-refractivity contribution in [3.63, 3.8) is 0 Å². The second-order valence-electron chi connectivity index (χ2n) is 4.90. The van der Waals surface area contributed by atoms with E-state index in [2.05, 4.69) is 34.0 Å². The largest absolute Gasteiger partial charge is 0.491 e. The molecule has 0 saturated carbocycles. The molecular formula is C15H21N3OS. The highest BCUT2D eigenvalue weighted by Crippen LogP contribution is 2.29. The SMILES string of the molecule is CCc1nnsc1C(NC)c1cccc(OC(C)C)c1. The van der Waals surface area contributed by atoms with Gasteiger partial charge in [-0.15, -0.1) is 5.10 Å². The molecule has 0 aliphatic rings. The number of benzene rings is 1. The Morgan fingerprint density at radius 2 is 2.15 bits per heavy atom. The van der Waals surface area contributed by atoms with Crippen LogP contribution < -0.4 is 10.1 Å². The molecule has 0 bridgehead atoms. The summed E-state index contributed by atoms with van der Waals surface area (Å²) in [5.74, 6) is 0.897. The van der Waals surface area contributed by atoms with Crippen LogP contribution in [0.1, 0.15) is 42.9 Å². The third-order valence-corrected chi connectivity index (χ3v) is 3.87. The van der Waals surface area contributed by atoms with Gasteiger partial charge in [-0.1, -0.05) is 23.5 Å². The summed E-state index contributed by atoms with van der Waals surface area (Å²) in [5.41, 5.74) is 2.23. The number of nitrogens with one attached hydrogen (secondary N) is 1. The maximum Gasteiger partial charge on any atom is 0.120 e. The third-order valence-electron chi connectivity index (χ3n) is 3.03. The summed E-state index contributed by atoms with van der Waals surface area (Å²) in [6.07, 6.45) is 1.07. The van der Waals surface area contributed by atoms with Crippen LogP contribution in [0.2, 0.25) is 0 Å². The normalized spacial score (nSPS) is 12.7. The highest BCUT2D eigenvalue weighted by Gasteiger charge is 2.19. The van der Waals surface area contributed by atoms with Crippen molar-refractivity contribution in [2.24, 2.45) is 0 Å². The van der Waals surface area contributed by atoms with Crippen LogP contribution >= 0.6 is 11.5 Å². The Kier molecular flexibility index (Phi) is 5.09. The molecule has 108 valence electrons. The van der Waals surface area contributed by atoms with Gasteiger partial charge in [-0.2, -0.15) is 0 Å². The monoisotopic (exact) mass is 291 g/mol. The van der Waals surface area contributed by atoms with Crippen LogP contribution in [0.25, 0.3) is 0 Å². The van der Waals surface area contributed by atoms with Crippen molar-refractivity contribution in [1.82, 2.24) is 14.9 Å². The average molecular weight is 291 g/mol. The third kappa shape index (κ3) is 3.35. The van der Waals surface area contributed by atoms with E-state index >= 15 is 0 Å². The van der Waals surface area contributed by atoms with Crippen LogP contribution in [0.4, 0.5) is 0 Å². The number of aromatic nitrogens is 2. The fraction of sp³-hybridized carbons (Fsp3) is 0.467. The first-order chi connectivity index (χ1) is 9.65. The van der Waals surface area contributed by atoms with Crippen LogP contribution in [0, 0.1) is 0 Å². The average Bonchev–Trinajstić information content (AvgIpc) is 2.87. The van der Waals surface area contributed by atoms with Crippen molar-refractivity contribution in [2.75, 3.05) is 7.05 Å². The molecule has 20 heavy (non-hydrogen) atoms. The number of hydrogen-bond donors (Lipinski definition) is 1. The van der Waals surface area contributed by atoms with E-state index in [1.807, 2.05) is 33.0 Å². The Bertz CT molecular complexity index is 554. The molecule has 1 unspecified atom stereocenters. The molecule has 0 aliphatic carbocycles. The Balaban J connectivity index is 2.32. The lowest BCUT2D eigenvalue weighted by molar-refractivity contribution is 0.242. The molecule has 0 aliphatic heterocycles. The van der Waals surface area contributed by atoms with E-state index in [4.69, 9.17) is 4.74 Å². The summed E-state index contributed by atoms with van der Waals surface area (Å²) in [4.78, 5) is 1.18. The van der Waals surface area contributed by atoms with Gasteiger partial charge < -0.3 is 10.1 Å². The van der Waals surface area contributed by atoms with Gasteiger partial charge in [0.15, 0.2) is 0 Å². The number of aryl methyl sites for hydroxylation is 1. The van der Waals surface area contributed by atoms with Gasteiger partial charge in [-0.05, 0) is 56.5 Å². The highest BCUT2D eigenvalue weighted by molar-refractivity contribution is 7.05. The van der Waals surface area contributed by atoms with Gasteiger partial charge in [0.2, 0.25) is 0 Å². The van der Waals surface area contributed by atoms with Crippen LogP contribution in [0.3, 0.4) is 0 Å². The molecule has 1 aromatic carbocycles. The maximum atomic E-state index is 5.77. The smallest absolute Gasteiger partial charge is 0.120 e. The summed E-state index contributed by atoms with van der Waals surface area (Å²) >= 11 is 1.46. The first-order valence-electron chi connectivity index (χ1n) is 6.90. The number of rotatable bonds is 6. The molecule has 5 heteroatoms. The van der Waals surface area contributed by atoms with Crippen molar-refractivity contribution >= 4 is 11.5 Å². The van der Waals surface area contributed by atoms with Crippen molar-refractivity contribution in [3.8, 4) is 5.75 Å². The summed E-state index contributed by atoms with van der Waals surface area (Å²) in [5, 5.41) is 7.55. The van der Waals surface area contributed by atoms with E-state index in [1.54, 1.807) is 0 Å². The molecule has 4 nitrogen and oxygen atoms in total. The quantitative estimate of drug-likeness (QED) is 0.888. The van der Waals surface area contributed by atoms with Crippen molar-refractivity contribution in [1.29, 1.82) is 0 Å². The summed E-state index contributed by atoms with van der Waals surface area (Å²) in [6, 6.07) is 8.31. The van der Waals surface area contributed by atoms with E-state index in [0.717, 1.165) is 17.9 Å². The van der Waals surface area contributed by atoms with Gasteiger partial charge in [0.25, 0.3) is 0 Å².